The molecule has 3 N–H and O–H groups in total. The number of carbonyl (C=O) groups excluding carboxylic acids is 1. The normalized spacial score (nSPS) is 26.9. The number of rotatable bonds is 3. The van der Waals surface area contributed by atoms with Crippen molar-refractivity contribution in [3.63, 3.8) is 0 Å². The first-order valence-electron chi connectivity index (χ1n) is 8.81. The Morgan fingerprint density at radius 2 is 2.00 bits per heavy atom. The van der Waals surface area contributed by atoms with E-state index in [1.165, 1.54) is 25.6 Å². The molecule has 0 saturated carbocycles. The molecular formula is C19H18F3N5O2. The fourth-order valence-corrected chi connectivity index (χ4v) is 3.68. The van der Waals surface area contributed by atoms with Crippen molar-refractivity contribution in [2.75, 3.05) is 12.4 Å². The van der Waals surface area contributed by atoms with Crippen LogP contribution < -0.4 is 15.8 Å². The van der Waals surface area contributed by atoms with Crippen LogP contribution in [-0.2, 0) is 12.0 Å². The monoisotopic (exact) mass is 405 g/mol. The van der Waals surface area contributed by atoms with Crippen LogP contribution in [0.5, 0.6) is 5.88 Å². The number of nitrogens with two attached hydrogens (primary N) is 1. The lowest BCUT2D eigenvalue weighted by Gasteiger charge is -2.50. The third-order valence-electron chi connectivity index (χ3n) is 5.33. The molecule has 2 atom stereocenters. The van der Waals surface area contributed by atoms with Gasteiger partial charge in [0.15, 0.2) is 11.2 Å². The number of amidine groups is 1. The molecule has 1 aliphatic heterocycles. The number of hydrogen-bond donors (Lipinski definition) is 2. The summed E-state index contributed by atoms with van der Waals surface area (Å²) in [6.07, 6.45) is 1.42. The highest BCUT2D eigenvalue weighted by Gasteiger charge is 2.66. The van der Waals surface area contributed by atoms with E-state index in [-0.39, 0.29) is 29.2 Å². The molecule has 1 aromatic heterocycles. The third-order valence-corrected chi connectivity index (χ3v) is 5.33. The molecule has 0 saturated heterocycles. The van der Waals surface area contributed by atoms with Gasteiger partial charge in [0.2, 0.25) is 5.88 Å². The Morgan fingerprint density at radius 1 is 1.24 bits per heavy atom. The molecule has 1 aromatic carbocycles. The number of nitrogens with one attached hydrogen (secondary N) is 1. The predicted molar refractivity (Wildman–Crippen MR) is 99.1 cm³/mol. The van der Waals surface area contributed by atoms with Gasteiger partial charge in [0.1, 0.15) is 11.5 Å². The number of aromatic nitrogens is 2. The van der Waals surface area contributed by atoms with Gasteiger partial charge in [-0.1, -0.05) is 6.07 Å². The van der Waals surface area contributed by atoms with Crippen LogP contribution in [0.3, 0.4) is 0 Å². The van der Waals surface area contributed by atoms with E-state index >= 15 is 0 Å². The summed E-state index contributed by atoms with van der Waals surface area (Å²) in [5.41, 5.74) is 2.53. The second-order valence-corrected chi connectivity index (χ2v) is 7.38. The van der Waals surface area contributed by atoms with E-state index in [1.54, 1.807) is 12.1 Å². The van der Waals surface area contributed by atoms with Crippen LogP contribution in [0.15, 0.2) is 35.6 Å². The number of hydrogen-bond acceptors (Lipinski definition) is 6. The van der Waals surface area contributed by atoms with Gasteiger partial charge in [-0.15, -0.1) is 0 Å². The van der Waals surface area contributed by atoms with Crippen LogP contribution >= 0.6 is 0 Å². The molecule has 0 radical (unpaired) electrons. The van der Waals surface area contributed by atoms with Crippen molar-refractivity contribution in [2.24, 2.45) is 10.7 Å². The van der Waals surface area contributed by atoms with Crippen molar-refractivity contribution >= 4 is 17.4 Å². The lowest BCUT2D eigenvalue weighted by atomic mass is 9.63. The maximum atomic E-state index is 14.9. The number of halogens is 3. The smallest absolute Gasteiger partial charge is 0.280 e. The minimum atomic E-state index is -3.42. The van der Waals surface area contributed by atoms with Crippen LogP contribution in [0, 0.1) is 0 Å². The zero-order valence-corrected chi connectivity index (χ0v) is 15.7. The second-order valence-electron chi connectivity index (χ2n) is 7.38. The van der Waals surface area contributed by atoms with E-state index in [0.29, 0.717) is 5.56 Å². The van der Waals surface area contributed by atoms with Gasteiger partial charge in [-0.3, -0.25) is 9.79 Å². The number of benzene rings is 1. The molecule has 0 bridgehead atoms. The van der Waals surface area contributed by atoms with Crippen LogP contribution in [-0.4, -0.2) is 40.4 Å². The number of carbonyl (C=O) groups is 1. The highest BCUT2D eigenvalue weighted by Crippen LogP contribution is 2.57. The first-order chi connectivity index (χ1) is 13.6. The second kappa shape index (κ2) is 6.16. The van der Waals surface area contributed by atoms with Gasteiger partial charge in [-0.25, -0.2) is 23.1 Å². The summed E-state index contributed by atoms with van der Waals surface area (Å²) in [4.78, 5) is 24.1. The van der Waals surface area contributed by atoms with Crippen molar-refractivity contribution in [1.29, 1.82) is 0 Å². The van der Waals surface area contributed by atoms with E-state index in [2.05, 4.69) is 20.3 Å². The summed E-state index contributed by atoms with van der Waals surface area (Å²) in [5, 5.41) is 2.59. The summed E-state index contributed by atoms with van der Waals surface area (Å²) in [6.45, 7) is 0.999. The number of aliphatic imine (C=N–C) groups is 1. The lowest BCUT2D eigenvalue weighted by Crippen LogP contribution is -2.61. The van der Waals surface area contributed by atoms with E-state index in [1.807, 2.05) is 0 Å². The maximum absolute atomic E-state index is 14.9. The standard InChI is InChI=1S/C19H18F3N5O2/c1-17(20)9-19(21,22)18(27-16(17)23)6-10-3-4-11(5-12(10)18)26-15(28)13-7-25-14(29-2)8-24-13/h3-5,7-8H,6,9H2,1-2H3,(H2,23,27)(H,26,28)/t17-,18-/m1/s1. The molecule has 152 valence electrons. The molecule has 0 unspecified atom stereocenters. The molecule has 1 spiro atoms. The zero-order chi connectivity index (χ0) is 21.0. The van der Waals surface area contributed by atoms with Crippen LogP contribution in [0.25, 0.3) is 0 Å². The Hall–Kier alpha value is -3.17. The minimum Gasteiger partial charge on any atom is -0.480 e. The molecule has 7 nitrogen and oxygen atoms in total. The van der Waals surface area contributed by atoms with E-state index in [9.17, 15) is 18.0 Å². The molecule has 4 rings (SSSR count). The fraction of sp³-hybridized carbons (Fsp3) is 0.368. The van der Waals surface area contributed by atoms with Gasteiger partial charge in [0.25, 0.3) is 11.8 Å². The van der Waals surface area contributed by atoms with Crippen molar-refractivity contribution in [2.45, 2.75) is 36.9 Å². The summed E-state index contributed by atoms with van der Waals surface area (Å²) in [6, 6.07) is 4.63. The number of ether oxygens (including phenoxy) is 1. The molecular weight excluding hydrogens is 387 g/mol. The summed E-state index contributed by atoms with van der Waals surface area (Å²) >= 11 is 0. The van der Waals surface area contributed by atoms with E-state index in [4.69, 9.17) is 10.5 Å². The van der Waals surface area contributed by atoms with Gasteiger partial charge in [0, 0.05) is 12.1 Å². The molecule has 10 heteroatoms. The SMILES string of the molecule is COc1cnc(C(=O)Nc2ccc3c(c2)[C@@]2(C3)N=C(N)[C@](C)(F)CC2(F)F)cn1. The van der Waals surface area contributed by atoms with Gasteiger partial charge in [0.05, 0.1) is 25.9 Å². The van der Waals surface area contributed by atoms with E-state index in [0.717, 1.165) is 6.92 Å². The Morgan fingerprint density at radius 3 is 2.66 bits per heavy atom. The van der Waals surface area contributed by atoms with Crippen molar-refractivity contribution in [3.8, 4) is 5.88 Å². The van der Waals surface area contributed by atoms with Crippen molar-refractivity contribution < 1.29 is 22.7 Å². The highest BCUT2D eigenvalue weighted by atomic mass is 19.3. The van der Waals surface area contributed by atoms with Gasteiger partial charge >= 0.3 is 0 Å². The largest absolute Gasteiger partial charge is 0.480 e. The maximum Gasteiger partial charge on any atom is 0.280 e. The Balaban J connectivity index is 1.64. The molecule has 2 aliphatic rings. The number of methoxy groups -OCH3 is 1. The number of amides is 1. The number of alkyl halides is 3. The summed E-state index contributed by atoms with van der Waals surface area (Å²) in [5.74, 6) is -4.18. The van der Waals surface area contributed by atoms with Crippen LogP contribution in [0.2, 0.25) is 0 Å². The number of anilines is 1. The number of fused-ring (bicyclic) bond motifs is 2. The molecule has 1 aliphatic carbocycles. The quantitative estimate of drug-likeness (QED) is 0.817. The molecule has 2 heterocycles. The number of nitrogens with zero attached hydrogens (tertiary/aromatic N) is 3. The average Bonchev–Trinajstić information content (AvgIpc) is 2.65. The zero-order valence-electron chi connectivity index (χ0n) is 15.7. The fourth-order valence-electron chi connectivity index (χ4n) is 3.68. The Kier molecular flexibility index (Phi) is 4.07. The first kappa shape index (κ1) is 19.2. The van der Waals surface area contributed by atoms with Gasteiger partial charge in [-0.05, 0) is 30.2 Å². The van der Waals surface area contributed by atoms with Gasteiger partial charge < -0.3 is 15.8 Å². The lowest BCUT2D eigenvalue weighted by molar-refractivity contribution is -0.120. The minimum absolute atomic E-state index is 0.0293. The molecule has 2 aromatic rings. The highest BCUT2D eigenvalue weighted by molar-refractivity contribution is 6.02. The average molecular weight is 405 g/mol. The molecule has 29 heavy (non-hydrogen) atoms. The van der Waals surface area contributed by atoms with Crippen LogP contribution in [0.4, 0.5) is 18.9 Å². The van der Waals surface area contributed by atoms with Crippen molar-refractivity contribution in [3.05, 3.63) is 47.4 Å². The first-order valence-corrected chi connectivity index (χ1v) is 8.81. The molecule has 1 amide bonds. The van der Waals surface area contributed by atoms with Gasteiger partial charge in [-0.2, -0.15) is 0 Å². The van der Waals surface area contributed by atoms with Crippen LogP contribution in [0.1, 0.15) is 35.0 Å². The van der Waals surface area contributed by atoms with Crippen molar-refractivity contribution in [1.82, 2.24) is 9.97 Å². The van der Waals surface area contributed by atoms with E-state index < -0.39 is 35.3 Å². The summed E-state index contributed by atoms with van der Waals surface area (Å²) < 4.78 is 48.9. The molecule has 0 fully saturated rings. The third kappa shape index (κ3) is 2.90. The topological polar surface area (TPSA) is 102 Å². The predicted octanol–water partition coefficient (Wildman–Crippen LogP) is 2.61. The Labute approximate surface area is 164 Å². The summed E-state index contributed by atoms with van der Waals surface area (Å²) in [7, 11) is 1.42. The Bertz CT molecular complexity index is 1020.